The quantitative estimate of drug-likeness (QED) is 0.289. The molecule has 3 aromatic rings. The summed E-state index contributed by atoms with van der Waals surface area (Å²) < 4.78 is 42.2. The molecular weight excluding hydrogens is 513 g/mol. The Kier molecular flexibility index (Phi) is 8.61. The Hall–Kier alpha value is -2.94. The van der Waals surface area contributed by atoms with Gasteiger partial charge in [0.05, 0.1) is 16.7 Å². The first-order valence-electron chi connectivity index (χ1n) is 11.3. The molecule has 0 radical (unpaired) electrons. The molecule has 1 aromatic heterocycles. The Morgan fingerprint density at radius 1 is 1.03 bits per heavy atom. The van der Waals surface area contributed by atoms with Crippen molar-refractivity contribution in [1.29, 1.82) is 0 Å². The molecule has 10 heteroatoms. The number of nitrogens with zero attached hydrogens (tertiary/aromatic N) is 1. The van der Waals surface area contributed by atoms with Crippen LogP contribution < -0.4 is 15.2 Å². The van der Waals surface area contributed by atoms with Gasteiger partial charge in [-0.15, -0.1) is 0 Å². The summed E-state index contributed by atoms with van der Waals surface area (Å²) >= 11 is 12.6. The number of pyridine rings is 1. The summed E-state index contributed by atoms with van der Waals surface area (Å²) in [6.45, 7) is -2.65. The van der Waals surface area contributed by atoms with Crippen molar-refractivity contribution in [2.24, 2.45) is 11.7 Å². The minimum Gasteiger partial charge on any atom is -0.489 e. The van der Waals surface area contributed by atoms with Gasteiger partial charge in [0.1, 0.15) is 12.1 Å². The molecule has 0 spiro atoms. The summed E-state index contributed by atoms with van der Waals surface area (Å²) in [5.41, 5.74) is 7.71. The summed E-state index contributed by atoms with van der Waals surface area (Å²) in [7, 11) is 0. The fourth-order valence-electron chi connectivity index (χ4n) is 3.58. The van der Waals surface area contributed by atoms with Gasteiger partial charge in [0, 0.05) is 18.8 Å². The number of carbonyl (C=O) groups excluding carboxylic acids is 1. The van der Waals surface area contributed by atoms with Crippen molar-refractivity contribution in [1.82, 2.24) is 4.98 Å². The third-order valence-electron chi connectivity index (χ3n) is 5.74. The molecule has 6 nitrogen and oxygen atoms in total. The zero-order valence-electron chi connectivity index (χ0n) is 19.1. The highest BCUT2D eigenvalue weighted by molar-refractivity contribution is 6.35. The lowest BCUT2D eigenvalue weighted by atomic mass is 10.0. The van der Waals surface area contributed by atoms with Crippen LogP contribution in [-0.4, -0.2) is 24.2 Å². The van der Waals surface area contributed by atoms with E-state index in [0.29, 0.717) is 39.3 Å². The van der Waals surface area contributed by atoms with Gasteiger partial charge in [0.15, 0.2) is 11.5 Å². The normalized spacial score (nSPS) is 14.8. The van der Waals surface area contributed by atoms with E-state index in [0.717, 1.165) is 12.8 Å². The molecule has 0 amide bonds. The molecule has 1 aliphatic carbocycles. The lowest BCUT2D eigenvalue weighted by molar-refractivity contribution is -0.151. The van der Waals surface area contributed by atoms with Crippen LogP contribution in [0.4, 0.5) is 8.78 Å². The second kappa shape index (κ2) is 11.9. The van der Waals surface area contributed by atoms with Crippen LogP contribution in [0.1, 0.15) is 41.7 Å². The van der Waals surface area contributed by atoms with Crippen LogP contribution in [0.2, 0.25) is 10.0 Å². The van der Waals surface area contributed by atoms with Gasteiger partial charge >= 0.3 is 12.6 Å². The van der Waals surface area contributed by atoms with Crippen LogP contribution in [0, 0.1) is 5.92 Å². The van der Waals surface area contributed by atoms with E-state index in [1.54, 1.807) is 24.3 Å². The first-order valence-corrected chi connectivity index (χ1v) is 12.1. The highest BCUT2D eigenvalue weighted by atomic mass is 35.5. The molecule has 1 fully saturated rings. The van der Waals surface area contributed by atoms with Crippen molar-refractivity contribution in [2.75, 3.05) is 6.61 Å². The Morgan fingerprint density at radius 3 is 2.36 bits per heavy atom. The van der Waals surface area contributed by atoms with Crippen molar-refractivity contribution in [3.8, 4) is 11.5 Å². The van der Waals surface area contributed by atoms with Crippen LogP contribution in [0.5, 0.6) is 11.5 Å². The minimum atomic E-state index is -3.02. The number of nitrogens with two attached hydrogens (primary N) is 1. The maximum Gasteiger partial charge on any atom is 0.387 e. The Morgan fingerprint density at radius 2 is 1.72 bits per heavy atom. The average molecular weight is 537 g/mol. The van der Waals surface area contributed by atoms with Crippen LogP contribution >= 0.6 is 23.2 Å². The van der Waals surface area contributed by atoms with E-state index in [4.69, 9.17) is 38.4 Å². The van der Waals surface area contributed by atoms with E-state index in [1.807, 2.05) is 6.07 Å². The number of alkyl halides is 2. The Bertz CT molecular complexity index is 1180. The van der Waals surface area contributed by atoms with Crippen LogP contribution in [-0.2, 0) is 16.0 Å². The number of rotatable bonds is 11. The topological polar surface area (TPSA) is 83.7 Å². The molecule has 190 valence electrons. The van der Waals surface area contributed by atoms with Gasteiger partial charge in [-0.2, -0.15) is 8.78 Å². The van der Waals surface area contributed by atoms with Gasteiger partial charge < -0.3 is 19.9 Å². The van der Waals surface area contributed by atoms with Crippen molar-refractivity contribution < 1.29 is 27.8 Å². The third kappa shape index (κ3) is 6.84. The number of halogens is 4. The molecule has 4 rings (SSSR count). The number of esters is 1. The molecule has 1 saturated carbocycles. The zero-order valence-corrected chi connectivity index (χ0v) is 20.6. The maximum absolute atomic E-state index is 13.0. The molecule has 0 bridgehead atoms. The molecule has 1 unspecified atom stereocenters. The predicted molar refractivity (Wildman–Crippen MR) is 131 cm³/mol. The number of carbonyl (C=O) groups is 1. The molecule has 1 aliphatic rings. The van der Waals surface area contributed by atoms with Gasteiger partial charge in [-0.1, -0.05) is 59.6 Å². The van der Waals surface area contributed by atoms with Crippen LogP contribution in [0.15, 0.2) is 60.9 Å². The number of aromatic nitrogens is 1. The smallest absolute Gasteiger partial charge is 0.387 e. The number of hydrogen-bond acceptors (Lipinski definition) is 6. The van der Waals surface area contributed by atoms with E-state index in [9.17, 15) is 13.6 Å². The van der Waals surface area contributed by atoms with E-state index < -0.39 is 24.7 Å². The standard InChI is InChI=1S/C26H24Cl2F2N2O4/c27-19-12-32-13-20(28)18(19)11-22(35-25(33)24(31)16-4-2-1-3-5-16)17-8-9-21(36-26(29)30)23(10-17)34-14-15-6-7-15/h1-5,8-10,12-13,15,22,24,26H,6-7,11,14,31H2/t22?,24-/m0/s1. The summed E-state index contributed by atoms with van der Waals surface area (Å²) in [5.74, 6) is -0.290. The number of benzene rings is 2. The fraction of sp³-hybridized carbons (Fsp3) is 0.308. The molecule has 0 aliphatic heterocycles. The van der Waals surface area contributed by atoms with Crippen LogP contribution in [0.3, 0.4) is 0 Å². The van der Waals surface area contributed by atoms with Crippen molar-refractivity contribution in [3.05, 3.63) is 87.7 Å². The van der Waals surface area contributed by atoms with Crippen molar-refractivity contribution in [3.63, 3.8) is 0 Å². The molecule has 1 heterocycles. The Balaban J connectivity index is 1.66. The van der Waals surface area contributed by atoms with E-state index >= 15 is 0 Å². The van der Waals surface area contributed by atoms with E-state index in [1.165, 1.54) is 30.6 Å². The third-order valence-corrected chi connectivity index (χ3v) is 6.39. The minimum absolute atomic E-state index is 0.0878. The second-order valence-corrected chi connectivity index (χ2v) is 9.25. The van der Waals surface area contributed by atoms with Gasteiger partial charge in [-0.25, -0.2) is 4.79 Å². The number of hydrogen-bond donors (Lipinski definition) is 1. The fourth-order valence-corrected chi connectivity index (χ4v) is 4.10. The second-order valence-electron chi connectivity index (χ2n) is 8.44. The van der Waals surface area contributed by atoms with Gasteiger partial charge in [-0.05, 0) is 47.6 Å². The van der Waals surface area contributed by atoms with Gasteiger partial charge in [0.2, 0.25) is 0 Å². The predicted octanol–water partition coefficient (Wildman–Crippen LogP) is 6.31. The monoisotopic (exact) mass is 536 g/mol. The van der Waals surface area contributed by atoms with Gasteiger partial charge in [-0.3, -0.25) is 4.98 Å². The Labute approximate surface area is 217 Å². The highest BCUT2D eigenvalue weighted by Crippen LogP contribution is 2.38. The van der Waals surface area contributed by atoms with E-state index in [-0.39, 0.29) is 17.9 Å². The SMILES string of the molecule is N[C@H](C(=O)OC(Cc1c(Cl)cncc1Cl)c1ccc(OC(F)F)c(OCC2CC2)c1)c1ccccc1. The average Bonchev–Trinajstić information content (AvgIpc) is 3.69. The summed E-state index contributed by atoms with van der Waals surface area (Å²) in [6, 6.07) is 12.1. The first kappa shape index (κ1) is 26.1. The van der Waals surface area contributed by atoms with Gasteiger partial charge in [0.25, 0.3) is 0 Å². The van der Waals surface area contributed by atoms with Crippen LogP contribution in [0.25, 0.3) is 0 Å². The molecule has 0 saturated heterocycles. The zero-order chi connectivity index (χ0) is 25.7. The van der Waals surface area contributed by atoms with Crippen molar-refractivity contribution >= 4 is 29.2 Å². The highest BCUT2D eigenvalue weighted by Gasteiger charge is 2.27. The summed E-state index contributed by atoms with van der Waals surface area (Å²) in [6.07, 6.45) is 4.07. The molecule has 2 atom stereocenters. The van der Waals surface area contributed by atoms with Crippen molar-refractivity contribution in [2.45, 2.75) is 38.0 Å². The summed E-state index contributed by atoms with van der Waals surface area (Å²) in [4.78, 5) is 17.0. The largest absolute Gasteiger partial charge is 0.489 e. The molecule has 36 heavy (non-hydrogen) atoms. The lowest BCUT2D eigenvalue weighted by Gasteiger charge is -2.23. The number of ether oxygens (including phenoxy) is 3. The molecular formula is C26H24Cl2F2N2O4. The maximum atomic E-state index is 13.0. The molecule has 2 aromatic carbocycles. The van der Waals surface area contributed by atoms with E-state index in [2.05, 4.69) is 9.72 Å². The lowest BCUT2D eigenvalue weighted by Crippen LogP contribution is -2.26. The molecule has 2 N–H and O–H groups in total. The first-order chi connectivity index (χ1) is 17.3. The summed E-state index contributed by atoms with van der Waals surface area (Å²) in [5, 5.41) is 0.581.